The summed E-state index contributed by atoms with van der Waals surface area (Å²) in [5, 5.41) is 0. The van der Waals surface area contributed by atoms with Crippen molar-refractivity contribution in [1.29, 1.82) is 0 Å². The lowest BCUT2D eigenvalue weighted by Crippen LogP contribution is -1.82. The molecule has 0 rings (SSSR count). The van der Waals surface area contributed by atoms with Crippen molar-refractivity contribution in [3.63, 3.8) is 0 Å². The largest absolute Gasteiger partial charge is 0.0885 e. The van der Waals surface area contributed by atoms with Gasteiger partial charge in [-0.25, -0.2) is 0 Å². The second-order valence-electron chi connectivity index (χ2n) is 7.35. The normalized spacial score (nSPS) is 11.6. The van der Waals surface area contributed by atoms with E-state index in [2.05, 4.69) is 26.0 Å². The molecule has 0 aliphatic heterocycles. The monoisotopic (exact) mass is 322 g/mol. The van der Waals surface area contributed by atoms with Crippen molar-refractivity contribution in [3.8, 4) is 0 Å². The molecule has 0 aliphatic carbocycles. The lowest BCUT2D eigenvalue weighted by molar-refractivity contribution is 0.550. The van der Waals surface area contributed by atoms with E-state index in [1.54, 1.807) is 0 Å². The Morgan fingerprint density at radius 3 is 0.913 bits per heavy atom. The van der Waals surface area contributed by atoms with E-state index in [0.717, 1.165) is 0 Å². The van der Waals surface area contributed by atoms with Crippen LogP contribution in [-0.2, 0) is 0 Å². The third-order valence-corrected chi connectivity index (χ3v) is 4.87. The van der Waals surface area contributed by atoms with Crippen LogP contribution >= 0.6 is 0 Å². The van der Waals surface area contributed by atoms with Crippen molar-refractivity contribution < 1.29 is 0 Å². The Labute approximate surface area is 148 Å². The highest BCUT2D eigenvalue weighted by Crippen LogP contribution is 2.12. The molecule has 0 aromatic heterocycles. The van der Waals surface area contributed by atoms with Crippen molar-refractivity contribution in [2.45, 2.75) is 136 Å². The highest BCUT2D eigenvalue weighted by molar-refractivity contribution is 4.81. The van der Waals surface area contributed by atoms with Crippen LogP contribution in [0.15, 0.2) is 12.2 Å². The minimum Gasteiger partial charge on any atom is -0.0885 e. The lowest BCUT2D eigenvalue weighted by Gasteiger charge is -2.01. The Balaban J connectivity index is 3.02. The van der Waals surface area contributed by atoms with E-state index in [1.165, 1.54) is 122 Å². The third kappa shape index (κ3) is 21.7. The van der Waals surface area contributed by atoms with Gasteiger partial charge in [-0.3, -0.25) is 0 Å². The summed E-state index contributed by atoms with van der Waals surface area (Å²) in [7, 11) is 0. The first-order valence-electron chi connectivity index (χ1n) is 11.1. The molecule has 0 aliphatic rings. The van der Waals surface area contributed by atoms with Crippen molar-refractivity contribution in [1.82, 2.24) is 0 Å². The second kappa shape index (κ2) is 21.7. The van der Waals surface area contributed by atoms with Crippen molar-refractivity contribution >= 4 is 0 Å². The van der Waals surface area contributed by atoms with Gasteiger partial charge in [0.1, 0.15) is 0 Å². The van der Waals surface area contributed by atoms with E-state index >= 15 is 0 Å². The van der Waals surface area contributed by atoms with E-state index < -0.39 is 0 Å². The SMILES string of the molecule is CCCCCCCC/C=C/CCCCCCCCCCCCC. The summed E-state index contributed by atoms with van der Waals surface area (Å²) in [6.45, 7) is 4.58. The van der Waals surface area contributed by atoms with Gasteiger partial charge in [-0.15, -0.1) is 0 Å². The average molecular weight is 323 g/mol. The zero-order valence-electron chi connectivity index (χ0n) is 16.6. The van der Waals surface area contributed by atoms with Gasteiger partial charge in [-0.1, -0.05) is 122 Å². The van der Waals surface area contributed by atoms with E-state index in [1.807, 2.05) is 0 Å². The fraction of sp³-hybridized carbons (Fsp3) is 0.913. The predicted molar refractivity (Wildman–Crippen MR) is 108 cm³/mol. The van der Waals surface area contributed by atoms with Crippen LogP contribution in [0.5, 0.6) is 0 Å². The lowest BCUT2D eigenvalue weighted by atomic mass is 10.1. The third-order valence-electron chi connectivity index (χ3n) is 4.87. The first kappa shape index (κ1) is 22.7. The fourth-order valence-corrected chi connectivity index (χ4v) is 3.20. The number of allylic oxidation sites excluding steroid dienone is 2. The molecule has 0 fully saturated rings. The highest BCUT2D eigenvalue weighted by atomic mass is 14.0. The molecular weight excluding hydrogens is 276 g/mol. The average Bonchev–Trinajstić information content (AvgIpc) is 2.57. The minimum absolute atomic E-state index is 1.31. The number of rotatable bonds is 19. The van der Waals surface area contributed by atoms with Gasteiger partial charge >= 0.3 is 0 Å². The minimum atomic E-state index is 1.31. The van der Waals surface area contributed by atoms with Gasteiger partial charge in [0, 0.05) is 0 Å². The summed E-state index contributed by atoms with van der Waals surface area (Å²) in [6, 6.07) is 0. The van der Waals surface area contributed by atoms with Crippen LogP contribution in [0.2, 0.25) is 0 Å². The van der Waals surface area contributed by atoms with Crippen LogP contribution in [0.4, 0.5) is 0 Å². The molecule has 0 saturated carbocycles. The quantitative estimate of drug-likeness (QED) is 0.164. The smallest absolute Gasteiger partial charge is 0.0351 e. The molecule has 0 unspecified atom stereocenters. The predicted octanol–water partition coefficient (Wildman–Crippen LogP) is 8.99. The number of hydrogen-bond donors (Lipinski definition) is 0. The standard InChI is InChI=1S/C23H46/c1-3-5-7-9-11-13-15-17-19-21-23-22-20-18-16-14-12-10-8-6-4-2/h17,19H,3-16,18,20-23H2,1-2H3/b19-17+. The van der Waals surface area contributed by atoms with Crippen LogP contribution in [-0.4, -0.2) is 0 Å². The topological polar surface area (TPSA) is 0 Å². The zero-order chi connectivity index (χ0) is 16.8. The van der Waals surface area contributed by atoms with Gasteiger partial charge < -0.3 is 0 Å². The van der Waals surface area contributed by atoms with Crippen LogP contribution in [0.1, 0.15) is 136 Å². The van der Waals surface area contributed by atoms with Gasteiger partial charge in [0.15, 0.2) is 0 Å². The fourth-order valence-electron chi connectivity index (χ4n) is 3.20. The zero-order valence-corrected chi connectivity index (χ0v) is 16.6. The van der Waals surface area contributed by atoms with Gasteiger partial charge in [-0.2, -0.15) is 0 Å². The molecular formula is C23H46. The summed E-state index contributed by atoms with van der Waals surface area (Å²) in [5.41, 5.74) is 0. The molecule has 0 spiro atoms. The van der Waals surface area contributed by atoms with Gasteiger partial charge in [0.25, 0.3) is 0 Å². The Hall–Kier alpha value is -0.260. The van der Waals surface area contributed by atoms with Crippen LogP contribution in [0.25, 0.3) is 0 Å². The Bertz CT molecular complexity index is 216. The van der Waals surface area contributed by atoms with E-state index in [4.69, 9.17) is 0 Å². The molecule has 0 atom stereocenters. The second-order valence-corrected chi connectivity index (χ2v) is 7.35. The maximum atomic E-state index is 2.43. The summed E-state index contributed by atoms with van der Waals surface area (Å²) in [4.78, 5) is 0. The van der Waals surface area contributed by atoms with Crippen LogP contribution in [0, 0.1) is 0 Å². The molecule has 0 bridgehead atoms. The molecule has 0 amide bonds. The summed E-state index contributed by atoms with van der Waals surface area (Å²) >= 11 is 0. The summed E-state index contributed by atoms with van der Waals surface area (Å²) in [5.74, 6) is 0. The van der Waals surface area contributed by atoms with Gasteiger partial charge in [0.2, 0.25) is 0 Å². The van der Waals surface area contributed by atoms with Crippen molar-refractivity contribution in [2.75, 3.05) is 0 Å². The Morgan fingerprint density at radius 1 is 0.348 bits per heavy atom. The Kier molecular flexibility index (Phi) is 21.5. The maximum absolute atomic E-state index is 2.43. The maximum Gasteiger partial charge on any atom is -0.0351 e. The number of unbranched alkanes of at least 4 members (excludes halogenated alkanes) is 17. The summed E-state index contributed by atoms with van der Waals surface area (Å²) in [6.07, 6.45) is 31.9. The molecule has 138 valence electrons. The van der Waals surface area contributed by atoms with E-state index in [-0.39, 0.29) is 0 Å². The van der Waals surface area contributed by atoms with E-state index in [9.17, 15) is 0 Å². The first-order valence-corrected chi connectivity index (χ1v) is 11.1. The highest BCUT2D eigenvalue weighted by Gasteiger charge is 1.92. The molecule has 0 aromatic rings. The molecule has 0 radical (unpaired) electrons. The molecule has 0 nitrogen and oxygen atoms in total. The van der Waals surface area contributed by atoms with Crippen molar-refractivity contribution in [2.24, 2.45) is 0 Å². The molecule has 23 heavy (non-hydrogen) atoms. The summed E-state index contributed by atoms with van der Waals surface area (Å²) < 4.78 is 0. The van der Waals surface area contributed by atoms with Crippen LogP contribution in [0.3, 0.4) is 0 Å². The van der Waals surface area contributed by atoms with Gasteiger partial charge in [0.05, 0.1) is 0 Å². The van der Waals surface area contributed by atoms with E-state index in [0.29, 0.717) is 0 Å². The molecule has 0 saturated heterocycles. The molecule has 0 N–H and O–H groups in total. The number of hydrogen-bond acceptors (Lipinski definition) is 0. The Morgan fingerprint density at radius 2 is 0.609 bits per heavy atom. The molecule has 0 heterocycles. The molecule has 0 heteroatoms. The van der Waals surface area contributed by atoms with Crippen molar-refractivity contribution in [3.05, 3.63) is 12.2 Å². The van der Waals surface area contributed by atoms with Gasteiger partial charge in [-0.05, 0) is 25.7 Å². The van der Waals surface area contributed by atoms with Crippen LogP contribution < -0.4 is 0 Å². The first-order chi connectivity index (χ1) is 11.4. The molecule has 0 aromatic carbocycles.